The molecule has 0 spiro atoms. The van der Waals surface area contributed by atoms with E-state index in [-0.39, 0.29) is 11.8 Å². The average Bonchev–Trinajstić information content (AvgIpc) is 2.73. The summed E-state index contributed by atoms with van der Waals surface area (Å²) in [6, 6.07) is 0. The topological polar surface area (TPSA) is 63.3 Å². The Labute approximate surface area is 95.7 Å². The highest BCUT2D eigenvalue weighted by Crippen LogP contribution is 2.72. The fourth-order valence-electron chi connectivity index (χ4n) is 4.96. The molecule has 3 N–H and O–H groups in total. The van der Waals surface area contributed by atoms with Crippen LogP contribution >= 0.6 is 0 Å². The average molecular weight is 221 g/mol. The van der Waals surface area contributed by atoms with Gasteiger partial charge in [-0.25, -0.2) is 0 Å². The van der Waals surface area contributed by atoms with Crippen LogP contribution in [0.2, 0.25) is 0 Å². The lowest BCUT2D eigenvalue weighted by molar-refractivity contribution is -0.153. The van der Waals surface area contributed by atoms with Gasteiger partial charge in [-0.2, -0.15) is 0 Å². The van der Waals surface area contributed by atoms with Crippen LogP contribution in [0.15, 0.2) is 12.2 Å². The Morgan fingerprint density at radius 3 is 2.88 bits per heavy atom. The van der Waals surface area contributed by atoms with Gasteiger partial charge < -0.3 is 10.8 Å². The first kappa shape index (κ1) is 10.3. The van der Waals surface area contributed by atoms with Gasteiger partial charge in [-0.1, -0.05) is 12.2 Å². The van der Waals surface area contributed by atoms with Crippen LogP contribution < -0.4 is 5.73 Å². The van der Waals surface area contributed by atoms with Gasteiger partial charge in [0.05, 0.1) is 6.42 Å². The van der Waals surface area contributed by atoms with Crippen molar-refractivity contribution in [3.63, 3.8) is 0 Å². The van der Waals surface area contributed by atoms with Crippen molar-refractivity contribution >= 4 is 5.97 Å². The van der Waals surface area contributed by atoms with Crippen LogP contribution in [0.25, 0.3) is 0 Å². The normalized spacial score (nSPS) is 48.9. The first-order chi connectivity index (χ1) is 7.60. The molecule has 0 aromatic heterocycles. The standard InChI is InChI=1S/C13H19NO2/c1-7-4-10-12-8(7)2-3-9(12)13(10,6-14)5-11(15)16/h8-10,12H,1-6,14H2,(H,15,16)/t8-,9-,10+,12+,13+/m0/s1. The number of carboxylic acid groups (broad SMARTS) is 1. The van der Waals surface area contributed by atoms with Gasteiger partial charge in [-0.15, -0.1) is 0 Å². The van der Waals surface area contributed by atoms with E-state index in [1.807, 2.05) is 0 Å². The summed E-state index contributed by atoms with van der Waals surface area (Å²) < 4.78 is 0. The van der Waals surface area contributed by atoms with Crippen LogP contribution in [-0.4, -0.2) is 17.6 Å². The van der Waals surface area contributed by atoms with Crippen molar-refractivity contribution in [2.45, 2.75) is 25.7 Å². The van der Waals surface area contributed by atoms with Gasteiger partial charge in [0.1, 0.15) is 0 Å². The molecule has 3 saturated carbocycles. The lowest BCUT2D eigenvalue weighted by atomic mass is 9.47. The molecular weight excluding hydrogens is 202 g/mol. The smallest absolute Gasteiger partial charge is 0.303 e. The molecule has 0 unspecified atom stereocenters. The molecule has 3 heteroatoms. The molecule has 88 valence electrons. The predicted molar refractivity (Wildman–Crippen MR) is 60.7 cm³/mol. The van der Waals surface area contributed by atoms with E-state index in [1.165, 1.54) is 12.0 Å². The van der Waals surface area contributed by atoms with Crippen LogP contribution in [0.5, 0.6) is 0 Å². The fraction of sp³-hybridized carbons (Fsp3) is 0.769. The third-order valence-electron chi connectivity index (χ3n) is 5.53. The monoisotopic (exact) mass is 221 g/mol. The molecule has 0 radical (unpaired) electrons. The lowest BCUT2D eigenvalue weighted by Crippen LogP contribution is -2.58. The first-order valence-corrected chi connectivity index (χ1v) is 6.19. The van der Waals surface area contributed by atoms with Crippen molar-refractivity contribution in [3.8, 4) is 0 Å². The highest BCUT2D eigenvalue weighted by Gasteiger charge is 2.68. The first-order valence-electron chi connectivity index (χ1n) is 6.19. The second kappa shape index (κ2) is 3.10. The SMILES string of the molecule is C=C1C[C@@H]2[C@@H]3[C@H]1CC[C@@H]3[C@]2(CN)CC(=O)O. The minimum atomic E-state index is -0.690. The molecule has 3 rings (SSSR count). The third-order valence-corrected chi connectivity index (χ3v) is 5.53. The Balaban J connectivity index is 1.92. The van der Waals surface area contributed by atoms with Gasteiger partial charge in [0, 0.05) is 0 Å². The second-order valence-corrected chi connectivity index (χ2v) is 5.84. The van der Waals surface area contributed by atoms with Gasteiger partial charge >= 0.3 is 5.97 Å². The largest absolute Gasteiger partial charge is 0.481 e. The molecule has 3 aliphatic carbocycles. The zero-order chi connectivity index (χ0) is 11.5. The predicted octanol–water partition coefficient (Wildman–Crippen LogP) is 1.64. The fourth-order valence-corrected chi connectivity index (χ4v) is 4.96. The zero-order valence-electron chi connectivity index (χ0n) is 9.48. The number of carboxylic acids is 1. The Hall–Kier alpha value is -0.830. The van der Waals surface area contributed by atoms with Crippen LogP contribution in [0.4, 0.5) is 0 Å². The van der Waals surface area contributed by atoms with Crippen molar-refractivity contribution in [1.82, 2.24) is 0 Å². The summed E-state index contributed by atoms with van der Waals surface area (Å²) in [5, 5.41) is 9.08. The summed E-state index contributed by atoms with van der Waals surface area (Å²) in [4.78, 5) is 11.0. The molecule has 0 aromatic rings. The summed E-state index contributed by atoms with van der Waals surface area (Å²) in [6.45, 7) is 4.70. The van der Waals surface area contributed by atoms with Crippen molar-refractivity contribution in [1.29, 1.82) is 0 Å². The van der Waals surface area contributed by atoms with E-state index < -0.39 is 5.97 Å². The summed E-state index contributed by atoms with van der Waals surface area (Å²) in [5.74, 6) is 1.78. The highest BCUT2D eigenvalue weighted by molar-refractivity contribution is 5.68. The van der Waals surface area contributed by atoms with E-state index in [1.54, 1.807) is 0 Å². The number of nitrogens with two attached hydrogens (primary N) is 1. The Morgan fingerprint density at radius 1 is 1.50 bits per heavy atom. The van der Waals surface area contributed by atoms with Crippen molar-refractivity contribution < 1.29 is 9.90 Å². The number of rotatable bonds is 3. The van der Waals surface area contributed by atoms with E-state index in [2.05, 4.69) is 6.58 Å². The number of hydrogen-bond donors (Lipinski definition) is 2. The van der Waals surface area contributed by atoms with Crippen molar-refractivity contribution in [2.24, 2.45) is 34.8 Å². The van der Waals surface area contributed by atoms with Gasteiger partial charge in [0.25, 0.3) is 0 Å². The molecule has 0 aliphatic heterocycles. The van der Waals surface area contributed by atoms with Crippen LogP contribution in [0.3, 0.4) is 0 Å². The number of allylic oxidation sites excluding steroid dienone is 1. The van der Waals surface area contributed by atoms with E-state index >= 15 is 0 Å². The molecule has 0 saturated heterocycles. The maximum Gasteiger partial charge on any atom is 0.303 e. The minimum Gasteiger partial charge on any atom is -0.481 e. The maximum atomic E-state index is 11.0. The van der Waals surface area contributed by atoms with Gasteiger partial charge in [-0.3, -0.25) is 4.79 Å². The Kier molecular flexibility index (Phi) is 2.00. The zero-order valence-corrected chi connectivity index (χ0v) is 9.48. The summed E-state index contributed by atoms with van der Waals surface area (Å²) >= 11 is 0. The molecule has 0 heterocycles. The summed E-state index contributed by atoms with van der Waals surface area (Å²) in [7, 11) is 0. The number of hydrogen-bond acceptors (Lipinski definition) is 2. The van der Waals surface area contributed by atoms with Crippen LogP contribution in [0.1, 0.15) is 25.7 Å². The molecule has 3 fully saturated rings. The molecule has 3 aliphatic rings. The van der Waals surface area contributed by atoms with E-state index in [0.29, 0.717) is 24.3 Å². The van der Waals surface area contributed by atoms with E-state index in [0.717, 1.165) is 18.8 Å². The number of aliphatic carboxylic acids is 1. The van der Waals surface area contributed by atoms with Crippen molar-refractivity contribution in [2.75, 3.05) is 6.54 Å². The molecule has 16 heavy (non-hydrogen) atoms. The quantitative estimate of drug-likeness (QED) is 0.712. The molecule has 0 amide bonds. The number of carbonyl (C=O) groups is 1. The van der Waals surface area contributed by atoms with Gasteiger partial charge in [0.15, 0.2) is 0 Å². The van der Waals surface area contributed by atoms with Gasteiger partial charge in [-0.05, 0) is 54.9 Å². The molecule has 3 nitrogen and oxygen atoms in total. The Morgan fingerprint density at radius 2 is 2.25 bits per heavy atom. The van der Waals surface area contributed by atoms with E-state index in [9.17, 15) is 4.79 Å². The Bertz CT molecular complexity index is 365. The van der Waals surface area contributed by atoms with Crippen molar-refractivity contribution in [3.05, 3.63) is 12.2 Å². The molecular formula is C13H19NO2. The maximum absolute atomic E-state index is 11.0. The van der Waals surface area contributed by atoms with Gasteiger partial charge in [0.2, 0.25) is 0 Å². The molecule has 0 bridgehead atoms. The second-order valence-electron chi connectivity index (χ2n) is 5.84. The van der Waals surface area contributed by atoms with Crippen LogP contribution in [-0.2, 0) is 4.79 Å². The highest BCUT2D eigenvalue weighted by atomic mass is 16.4. The summed E-state index contributed by atoms with van der Waals surface area (Å²) in [6.07, 6.45) is 3.66. The minimum absolute atomic E-state index is 0.106. The molecule has 0 aromatic carbocycles. The lowest BCUT2D eigenvalue weighted by Gasteiger charge is -2.57. The summed E-state index contributed by atoms with van der Waals surface area (Å²) in [5.41, 5.74) is 7.16. The third kappa shape index (κ3) is 1.000. The van der Waals surface area contributed by atoms with E-state index in [4.69, 9.17) is 10.8 Å². The molecule has 5 atom stereocenters. The van der Waals surface area contributed by atoms with Crippen LogP contribution in [0, 0.1) is 29.1 Å².